The van der Waals surface area contributed by atoms with Gasteiger partial charge in [0.1, 0.15) is 6.04 Å². The molecule has 2 fully saturated rings. The minimum atomic E-state index is -0.794. The van der Waals surface area contributed by atoms with Crippen molar-refractivity contribution in [1.82, 2.24) is 9.47 Å². The van der Waals surface area contributed by atoms with E-state index in [1.54, 1.807) is 15.5 Å². The van der Waals surface area contributed by atoms with E-state index in [0.717, 1.165) is 31.4 Å². The number of likely N-dealkylation sites (tertiary alicyclic amines) is 1. The van der Waals surface area contributed by atoms with E-state index >= 15 is 0 Å². The minimum Gasteiger partial charge on any atom is -0.467 e. The van der Waals surface area contributed by atoms with Crippen molar-refractivity contribution in [3.8, 4) is 0 Å². The summed E-state index contributed by atoms with van der Waals surface area (Å²) >= 11 is 0. The number of esters is 1. The summed E-state index contributed by atoms with van der Waals surface area (Å²) in [5.74, 6) is -1.23. The van der Waals surface area contributed by atoms with Crippen LogP contribution in [0.1, 0.15) is 37.4 Å². The molecule has 7 nitrogen and oxygen atoms in total. The molecule has 4 rings (SSSR count). The van der Waals surface area contributed by atoms with Crippen LogP contribution in [0.25, 0.3) is 0 Å². The number of methoxy groups -OCH3 is 1. The largest absolute Gasteiger partial charge is 0.467 e. The molecule has 1 aliphatic carbocycles. The Morgan fingerprint density at radius 2 is 2.00 bits per heavy atom. The van der Waals surface area contributed by atoms with Gasteiger partial charge in [-0.3, -0.25) is 9.59 Å². The fourth-order valence-corrected chi connectivity index (χ4v) is 5.15. The highest BCUT2D eigenvalue weighted by Crippen LogP contribution is 2.50. The van der Waals surface area contributed by atoms with Crippen LogP contribution in [0.2, 0.25) is 0 Å². The van der Waals surface area contributed by atoms with Crippen molar-refractivity contribution in [1.29, 1.82) is 0 Å². The third-order valence-electron chi connectivity index (χ3n) is 6.35. The number of nitrogens with zero attached hydrogens (tertiary/aromatic N) is 2. The topological polar surface area (TPSA) is 88.8 Å². The molecular formula is C19H24N2O5. The number of ether oxygens (including phenoxy) is 1. The number of rotatable bonds is 3. The van der Waals surface area contributed by atoms with E-state index in [0.29, 0.717) is 6.54 Å². The Hall–Kier alpha value is -2.15. The van der Waals surface area contributed by atoms with E-state index in [-0.39, 0.29) is 36.0 Å². The van der Waals surface area contributed by atoms with Gasteiger partial charge < -0.3 is 19.3 Å². The molecule has 1 aromatic rings. The van der Waals surface area contributed by atoms with Gasteiger partial charge in [0.05, 0.1) is 13.2 Å². The van der Waals surface area contributed by atoms with Crippen molar-refractivity contribution in [2.45, 2.75) is 44.3 Å². The molecule has 4 atom stereocenters. The Morgan fingerprint density at radius 3 is 2.65 bits per heavy atom. The van der Waals surface area contributed by atoms with Crippen LogP contribution in [0.15, 0.2) is 23.0 Å². The van der Waals surface area contributed by atoms with Gasteiger partial charge in [-0.25, -0.2) is 4.79 Å². The fraction of sp³-hybridized carbons (Fsp3) is 0.632. The van der Waals surface area contributed by atoms with Crippen molar-refractivity contribution >= 4 is 11.9 Å². The van der Waals surface area contributed by atoms with Gasteiger partial charge in [0, 0.05) is 42.7 Å². The number of hydrogen-bond acceptors (Lipinski definition) is 5. The third kappa shape index (κ3) is 2.40. The Balaban J connectivity index is 1.81. The number of aromatic nitrogens is 1. The van der Waals surface area contributed by atoms with E-state index in [1.165, 1.54) is 13.2 Å². The van der Waals surface area contributed by atoms with Gasteiger partial charge in [0.15, 0.2) is 0 Å². The number of aliphatic hydroxyl groups is 1. The van der Waals surface area contributed by atoms with Crippen molar-refractivity contribution in [3.05, 3.63) is 34.2 Å². The van der Waals surface area contributed by atoms with Crippen LogP contribution in [0.3, 0.4) is 0 Å². The summed E-state index contributed by atoms with van der Waals surface area (Å²) in [5, 5.41) is 10.0. The quantitative estimate of drug-likeness (QED) is 0.802. The lowest BCUT2D eigenvalue weighted by Gasteiger charge is -2.32. The maximum absolute atomic E-state index is 13.3. The van der Waals surface area contributed by atoms with Crippen molar-refractivity contribution in [2.24, 2.45) is 17.8 Å². The minimum absolute atomic E-state index is 0.0476. The lowest BCUT2D eigenvalue weighted by Crippen LogP contribution is -2.48. The van der Waals surface area contributed by atoms with Crippen LogP contribution in [-0.2, 0) is 20.9 Å². The van der Waals surface area contributed by atoms with E-state index < -0.39 is 17.9 Å². The Bertz CT molecular complexity index is 782. The van der Waals surface area contributed by atoms with E-state index in [9.17, 15) is 19.5 Å². The Morgan fingerprint density at radius 1 is 1.27 bits per heavy atom. The van der Waals surface area contributed by atoms with Crippen LogP contribution in [-0.4, -0.2) is 46.2 Å². The molecule has 1 amide bonds. The molecule has 0 radical (unpaired) electrons. The SMILES string of the molecule is COC(=O)[C@@H]1[C@@H](CO)[C@@H]2Cn3c(cccc3=O)[C@@H]2N1C(=O)C1CCCC1. The van der Waals surface area contributed by atoms with E-state index in [1.807, 2.05) is 6.07 Å². The summed E-state index contributed by atoms with van der Waals surface area (Å²) in [6, 6.07) is 3.87. The maximum Gasteiger partial charge on any atom is 0.328 e. The lowest BCUT2D eigenvalue weighted by atomic mass is 9.88. The zero-order chi connectivity index (χ0) is 18.4. The van der Waals surface area contributed by atoms with Crippen LogP contribution in [0, 0.1) is 17.8 Å². The van der Waals surface area contributed by atoms with Crippen LogP contribution < -0.4 is 5.56 Å². The number of amides is 1. The van der Waals surface area contributed by atoms with E-state index in [4.69, 9.17) is 4.74 Å². The third-order valence-corrected chi connectivity index (χ3v) is 6.35. The summed E-state index contributed by atoms with van der Waals surface area (Å²) in [4.78, 5) is 39.7. The molecule has 1 saturated carbocycles. The standard InChI is InChI=1S/C19H24N2O5/c1-26-19(25)17-13(10-22)12-9-20-14(7-4-8-15(20)23)16(12)21(17)18(24)11-5-2-3-6-11/h4,7-8,11-13,16-17,22H,2-3,5-6,9-10H2,1H3/t12-,13-,16+,17-/m0/s1. The van der Waals surface area contributed by atoms with Gasteiger partial charge >= 0.3 is 5.97 Å². The number of carbonyl (C=O) groups is 2. The summed E-state index contributed by atoms with van der Waals surface area (Å²) in [6.45, 7) is 0.185. The van der Waals surface area contributed by atoms with Gasteiger partial charge in [-0.1, -0.05) is 18.9 Å². The second-order valence-corrected chi connectivity index (χ2v) is 7.55. The van der Waals surface area contributed by atoms with Gasteiger partial charge in [-0.05, 0) is 18.9 Å². The smallest absolute Gasteiger partial charge is 0.328 e. The molecule has 1 N–H and O–H groups in total. The Labute approximate surface area is 151 Å². The summed E-state index contributed by atoms with van der Waals surface area (Å²) in [5.41, 5.74) is 0.634. The van der Waals surface area contributed by atoms with Crippen molar-refractivity contribution in [3.63, 3.8) is 0 Å². The van der Waals surface area contributed by atoms with Gasteiger partial charge in [-0.15, -0.1) is 0 Å². The Kier molecular flexibility index (Phi) is 4.34. The predicted octanol–water partition coefficient (Wildman–Crippen LogP) is 0.702. The van der Waals surface area contributed by atoms with Crippen molar-refractivity contribution < 1.29 is 19.4 Å². The number of aliphatic hydroxyl groups excluding tert-OH is 1. The number of pyridine rings is 1. The molecule has 140 valence electrons. The molecule has 0 aromatic carbocycles. The molecule has 2 aliphatic heterocycles. The molecule has 1 saturated heterocycles. The first kappa shape index (κ1) is 17.3. The van der Waals surface area contributed by atoms with Gasteiger partial charge in [0.25, 0.3) is 5.56 Å². The molecule has 0 unspecified atom stereocenters. The normalized spacial score (nSPS) is 30.3. The zero-order valence-electron chi connectivity index (χ0n) is 14.8. The second kappa shape index (κ2) is 6.54. The highest BCUT2D eigenvalue weighted by atomic mass is 16.5. The summed E-state index contributed by atoms with van der Waals surface area (Å²) in [6.07, 6.45) is 3.68. The predicted molar refractivity (Wildman–Crippen MR) is 92.1 cm³/mol. The zero-order valence-corrected chi connectivity index (χ0v) is 14.8. The average Bonchev–Trinajstić information content (AvgIpc) is 3.35. The number of carbonyl (C=O) groups excluding carboxylic acids is 2. The second-order valence-electron chi connectivity index (χ2n) is 7.55. The van der Waals surface area contributed by atoms with Gasteiger partial charge in [-0.2, -0.15) is 0 Å². The lowest BCUT2D eigenvalue weighted by molar-refractivity contribution is -0.155. The van der Waals surface area contributed by atoms with E-state index in [2.05, 4.69) is 0 Å². The first-order valence-corrected chi connectivity index (χ1v) is 9.29. The first-order valence-electron chi connectivity index (χ1n) is 9.29. The molecule has 3 aliphatic rings. The first-order chi connectivity index (χ1) is 12.6. The summed E-state index contributed by atoms with van der Waals surface area (Å²) < 4.78 is 6.64. The molecule has 0 bridgehead atoms. The average molecular weight is 360 g/mol. The molecule has 7 heteroatoms. The van der Waals surface area contributed by atoms with Crippen LogP contribution in [0.5, 0.6) is 0 Å². The highest BCUT2D eigenvalue weighted by molar-refractivity contribution is 5.87. The van der Waals surface area contributed by atoms with Gasteiger partial charge in [0.2, 0.25) is 5.91 Å². The fourth-order valence-electron chi connectivity index (χ4n) is 5.15. The monoisotopic (exact) mass is 360 g/mol. The number of hydrogen-bond donors (Lipinski definition) is 1. The molecule has 1 aromatic heterocycles. The van der Waals surface area contributed by atoms with Crippen LogP contribution >= 0.6 is 0 Å². The molecule has 0 spiro atoms. The van der Waals surface area contributed by atoms with Crippen molar-refractivity contribution in [2.75, 3.05) is 13.7 Å². The molecule has 3 heterocycles. The molecule has 26 heavy (non-hydrogen) atoms. The van der Waals surface area contributed by atoms with Crippen LogP contribution in [0.4, 0.5) is 0 Å². The molecular weight excluding hydrogens is 336 g/mol. The maximum atomic E-state index is 13.3. The highest BCUT2D eigenvalue weighted by Gasteiger charge is 2.58. The summed E-state index contributed by atoms with van der Waals surface area (Å²) in [7, 11) is 1.31. The number of fused-ring (bicyclic) bond motifs is 3.